The van der Waals surface area contributed by atoms with Gasteiger partial charge in [0.2, 0.25) is 0 Å². The molecule has 0 aliphatic rings. The summed E-state index contributed by atoms with van der Waals surface area (Å²) in [5.41, 5.74) is 0.210. The normalized spacial score (nSPS) is 9.94. The van der Waals surface area contributed by atoms with Crippen LogP contribution in [0.2, 0.25) is 10.0 Å². The quantitative estimate of drug-likeness (QED) is 0.795. The number of hydrogen-bond acceptors (Lipinski definition) is 2. The Kier molecular flexibility index (Phi) is 3.19. The number of pyridine rings is 1. The van der Waals surface area contributed by atoms with Crippen LogP contribution in [0.3, 0.4) is 0 Å². The second kappa shape index (κ2) is 4.62. The molecular formula is C12H6Cl2N2O. The van der Waals surface area contributed by atoms with E-state index >= 15 is 0 Å². The topological polar surface area (TPSA) is 45.8 Å². The van der Waals surface area contributed by atoms with E-state index in [0.29, 0.717) is 15.7 Å². The van der Waals surface area contributed by atoms with E-state index in [2.05, 4.69) is 0 Å². The van der Waals surface area contributed by atoms with E-state index in [1.807, 2.05) is 6.07 Å². The lowest BCUT2D eigenvalue weighted by Gasteiger charge is -2.06. The van der Waals surface area contributed by atoms with E-state index in [4.69, 9.17) is 28.5 Å². The van der Waals surface area contributed by atoms with Crippen LogP contribution < -0.4 is 5.56 Å². The minimum absolute atomic E-state index is 0.0728. The Morgan fingerprint density at radius 1 is 1.18 bits per heavy atom. The maximum atomic E-state index is 11.9. The van der Waals surface area contributed by atoms with Gasteiger partial charge in [0.05, 0.1) is 5.69 Å². The van der Waals surface area contributed by atoms with Crippen molar-refractivity contribution in [3.05, 3.63) is 62.5 Å². The minimum Gasteiger partial charge on any atom is -0.283 e. The molecule has 0 spiro atoms. The number of aromatic nitrogens is 1. The molecule has 0 fully saturated rings. The molecule has 0 amide bonds. The molecule has 1 heterocycles. The van der Waals surface area contributed by atoms with Gasteiger partial charge in [0.15, 0.2) is 0 Å². The zero-order valence-electron chi connectivity index (χ0n) is 8.52. The van der Waals surface area contributed by atoms with Crippen molar-refractivity contribution in [2.75, 3.05) is 0 Å². The molecule has 5 heteroatoms. The highest BCUT2D eigenvalue weighted by Gasteiger charge is 2.05. The van der Waals surface area contributed by atoms with Crippen molar-refractivity contribution < 1.29 is 0 Å². The van der Waals surface area contributed by atoms with Gasteiger partial charge in [-0.25, -0.2) is 0 Å². The molecule has 1 aromatic heterocycles. The van der Waals surface area contributed by atoms with Gasteiger partial charge < -0.3 is 0 Å². The second-order valence-corrected chi connectivity index (χ2v) is 4.21. The van der Waals surface area contributed by atoms with Gasteiger partial charge in [0.25, 0.3) is 5.56 Å². The fourth-order valence-electron chi connectivity index (χ4n) is 1.46. The van der Waals surface area contributed by atoms with Crippen molar-refractivity contribution in [1.82, 2.24) is 4.57 Å². The van der Waals surface area contributed by atoms with Crippen LogP contribution in [0.5, 0.6) is 0 Å². The van der Waals surface area contributed by atoms with Crippen LogP contribution in [-0.2, 0) is 0 Å². The first-order chi connectivity index (χ1) is 8.11. The smallest absolute Gasteiger partial charge is 0.272 e. The summed E-state index contributed by atoms with van der Waals surface area (Å²) in [6.07, 6.45) is 1.56. The molecule has 0 saturated carbocycles. The van der Waals surface area contributed by atoms with Gasteiger partial charge in [0.1, 0.15) is 11.6 Å². The Hall–Kier alpha value is -1.76. The molecule has 2 aromatic rings. The molecule has 0 aliphatic heterocycles. The third-order valence-electron chi connectivity index (χ3n) is 2.19. The van der Waals surface area contributed by atoms with Gasteiger partial charge >= 0.3 is 0 Å². The molecule has 2 rings (SSSR count). The molecular weight excluding hydrogens is 259 g/mol. The zero-order chi connectivity index (χ0) is 12.4. The highest BCUT2D eigenvalue weighted by atomic mass is 35.5. The van der Waals surface area contributed by atoms with Gasteiger partial charge in [-0.2, -0.15) is 5.26 Å². The molecule has 3 nitrogen and oxygen atoms in total. The molecule has 0 N–H and O–H groups in total. The summed E-state index contributed by atoms with van der Waals surface area (Å²) in [6.45, 7) is 0. The number of nitriles is 1. The average molecular weight is 265 g/mol. The molecule has 0 unspecified atom stereocenters. The first-order valence-electron chi connectivity index (χ1n) is 4.70. The SMILES string of the molecule is N#Cc1cccn(-c2cc(Cl)cc(Cl)c2)c1=O. The monoisotopic (exact) mass is 264 g/mol. The van der Waals surface area contributed by atoms with Gasteiger partial charge in [-0.15, -0.1) is 0 Å². The Morgan fingerprint density at radius 3 is 2.41 bits per heavy atom. The van der Waals surface area contributed by atoms with E-state index in [1.165, 1.54) is 10.6 Å². The van der Waals surface area contributed by atoms with Gasteiger partial charge in [-0.1, -0.05) is 23.2 Å². The van der Waals surface area contributed by atoms with E-state index in [9.17, 15) is 4.79 Å². The predicted molar refractivity (Wildman–Crippen MR) is 66.8 cm³/mol. The summed E-state index contributed by atoms with van der Waals surface area (Å²) < 4.78 is 1.33. The predicted octanol–water partition coefficient (Wildman–Crippen LogP) is 3.02. The molecule has 0 atom stereocenters. The van der Waals surface area contributed by atoms with Crippen molar-refractivity contribution in [3.63, 3.8) is 0 Å². The highest BCUT2D eigenvalue weighted by molar-refractivity contribution is 6.34. The summed E-state index contributed by atoms with van der Waals surface area (Å²) in [4.78, 5) is 11.9. The summed E-state index contributed by atoms with van der Waals surface area (Å²) >= 11 is 11.7. The lowest BCUT2D eigenvalue weighted by atomic mass is 10.2. The van der Waals surface area contributed by atoms with Crippen molar-refractivity contribution in [1.29, 1.82) is 5.26 Å². The van der Waals surface area contributed by atoms with Crippen molar-refractivity contribution >= 4 is 23.2 Å². The van der Waals surface area contributed by atoms with Gasteiger partial charge in [0, 0.05) is 16.2 Å². The van der Waals surface area contributed by atoms with Crippen LogP contribution in [0.1, 0.15) is 5.56 Å². The number of benzene rings is 1. The Labute approximate surface area is 107 Å². The average Bonchev–Trinajstić information content (AvgIpc) is 2.28. The molecule has 84 valence electrons. The largest absolute Gasteiger partial charge is 0.283 e. The summed E-state index contributed by atoms with van der Waals surface area (Å²) in [7, 11) is 0. The van der Waals surface area contributed by atoms with E-state index in [1.54, 1.807) is 30.5 Å². The maximum absolute atomic E-state index is 11.9. The van der Waals surface area contributed by atoms with Gasteiger partial charge in [-0.3, -0.25) is 9.36 Å². The minimum atomic E-state index is -0.395. The second-order valence-electron chi connectivity index (χ2n) is 3.34. The van der Waals surface area contributed by atoms with Crippen LogP contribution in [0.25, 0.3) is 5.69 Å². The fraction of sp³-hybridized carbons (Fsp3) is 0. The number of hydrogen-bond donors (Lipinski definition) is 0. The third-order valence-corrected chi connectivity index (χ3v) is 2.63. The van der Waals surface area contributed by atoms with Crippen LogP contribution >= 0.6 is 23.2 Å². The molecule has 0 bridgehead atoms. The Bertz CT molecular complexity index is 651. The molecule has 0 aliphatic carbocycles. The number of nitrogens with zero attached hydrogens (tertiary/aromatic N) is 2. The van der Waals surface area contributed by atoms with E-state index in [0.717, 1.165) is 0 Å². The summed E-state index contributed by atoms with van der Waals surface area (Å²) in [6, 6.07) is 9.71. The molecule has 0 saturated heterocycles. The van der Waals surface area contributed by atoms with Crippen molar-refractivity contribution in [2.24, 2.45) is 0 Å². The number of halogens is 2. The highest BCUT2D eigenvalue weighted by Crippen LogP contribution is 2.20. The van der Waals surface area contributed by atoms with Crippen molar-refractivity contribution in [2.45, 2.75) is 0 Å². The van der Waals surface area contributed by atoms with E-state index < -0.39 is 5.56 Å². The third kappa shape index (κ3) is 2.33. The Morgan fingerprint density at radius 2 is 1.82 bits per heavy atom. The summed E-state index contributed by atoms with van der Waals surface area (Å²) in [5.74, 6) is 0. The Balaban J connectivity index is 2.70. The zero-order valence-corrected chi connectivity index (χ0v) is 10.0. The number of rotatable bonds is 1. The lowest BCUT2D eigenvalue weighted by Crippen LogP contribution is -2.19. The fourth-order valence-corrected chi connectivity index (χ4v) is 1.98. The molecule has 1 aromatic carbocycles. The van der Waals surface area contributed by atoms with Gasteiger partial charge in [-0.05, 0) is 30.3 Å². The molecule has 0 radical (unpaired) electrons. The standard InChI is InChI=1S/C12H6Cl2N2O/c13-9-4-10(14)6-11(5-9)16-3-1-2-8(7-15)12(16)17/h1-6H. The molecule has 17 heavy (non-hydrogen) atoms. The first kappa shape index (κ1) is 11.7. The lowest BCUT2D eigenvalue weighted by molar-refractivity contribution is 0.982. The van der Waals surface area contributed by atoms with Crippen LogP contribution in [-0.4, -0.2) is 4.57 Å². The van der Waals surface area contributed by atoms with Crippen LogP contribution in [0.4, 0.5) is 0 Å². The summed E-state index contributed by atoms with van der Waals surface area (Å²) in [5, 5.41) is 9.65. The maximum Gasteiger partial charge on any atom is 0.272 e. The first-order valence-corrected chi connectivity index (χ1v) is 5.45. The van der Waals surface area contributed by atoms with Crippen LogP contribution in [0, 0.1) is 11.3 Å². The van der Waals surface area contributed by atoms with Crippen LogP contribution in [0.15, 0.2) is 41.3 Å². The van der Waals surface area contributed by atoms with Crippen molar-refractivity contribution in [3.8, 4) is 11.8 Å². The van der Waals surface area contributed by atoms with E-state index in [-0.39, 0.29) is 5.56 Å².